The first-order valence-electron chi connectivity index (χ1n) is 5.24. The van der Waals surface area contributed by atoms with Gasteiger partial charge in [0.1, 0.15) is 17.3 Å². The van der Waals surface area contributed by atoms with Crippen molar-refractivity contribution in [3.63, 3.8) is 0 Å². The third kappa shape index (κ3) is 3.69. The summed E-state index contributed by atoms with van der Waals surface area (Å²) in [6.07, 6.45) is 4.81. The van der Waals surface area contributed by atoms with Crippen molar-refractivity contribution < 1.29 is 17.0 Å². The summed E-state index contributed by atoms with van der Waals surface area (Å²) >= 11 is 0. The Balaban J connectivity index is 0.00000112. The van der Waals surface area contributed by atoms with Gasteiger partial charge in [0.05, 0.1) is 0 Å². The average molecular weight is 285 g/mol. The summed E-state index contributed by atoms with van der Waals surface area (Å²) in [7, 11) is 0.687. The zero-order valence-electron chi connectivity index (χ0n) is 8.92. The van der Waals surface area contributed by atoms with E-state index in [1.54, 1.807) is 0 Å². The van der Waals surface area contributed by atoms with Crippen LogP contribution in [-0.4, -0.2) is 11.5 Å². The molecule has 1 fully saturated rings. The lowest BCUT2D eigenvalue weighted by Gasteiger charge is -2.01. The molecule has 2 heteroatoms. The van der Waals surface area contributed by atoms with Crippen LogP contribution in [0.15, 0.2) is 30.8 Å². The third-order valence-electron chi connectivity index (χ3n) is 2.70. The third-order valence-corrected chi connectivity index (χ3v) is 5.18. The van der Waals surface area contributed by atoms with E-state index in [4.69, 9.17) is 0 Å². The lowest BCUT2D eigenvalue weighted by Crippen LogP contribution is -3.00. The highest BCUT2D eigenvalue weighted by molar-refractivity contribution is 7.96. The minimum absolute atomic E-state index is 0. The van der Waals surface area contributed by atoms with Gasteiger partial charge in [-0.25, -0.2) is 0 Å². The van der Waals surface area contributed by atoms with Crippen LogP contribution in [0.3, 0.4) is 0 Å². The van der Waals surface area contributed by atoms with E-state index in [1.807, 2.05) is 6.08 Å². The molecule has 1 aliphatic rings. The lowest BCUT2D eigenvalue weighted by molar-refractivity contribution is -0.00000285. The Morgan fingerprint density at radius 1 is 1.13 bits per heavy atom. The molecule has 1 heterocycles. The van der Waals surface area contributed by atoms with E-state index in [1.165, 1.54) is 41.2 Å². The van der Waals surface area contributed by atoms with Crippen LogP contribution in [0.1, 0.15) is 24.0 Å². The summed E-state index contributed by atoms with van der Waals surface area (Å²) in [6, 6.07) is 8.84. The van der Waals surface area contributed by atoms with Crippen LogP contribution in [0.4, 0.5) is 0 Å². The highest BCUT2D eigenvalue weighted by atomic mass is 79.9. The van der Waals surface area contributed by atoms with E-state index >= 15 is 0 Å². The molecule has 0 nitrogen and oxygen atoms in total. The number of hydrogen-bond acceptors (Lipinski definition) is 0. The molecule has 0 saturated carbocycles. The minimum atomic E-state index is 0. The first-order chi connectivity index (χ1) is 6.88. The van der Waals surface area contributed by atoms with E-state index in [9.17, 15) is 0 Å². The molecule has 2 rings (SSSR count). The van der Waals surface area contributed by atoms with E-state index in [-0.39, 0.29) is 17.0 Å². The van der Waals surface area contributed by atoms with Gasteiger partial charge in [-0.05, 0) is 29.3 Å². The number of halogens is 1. The molecule has 0 aliphatic carbocycles. The molecule has 0 amide bonds. The van der Waals surface area contributed by atoms with Crippen LogP contribution in [-0.2, 0) is 16.6 Å². The molecular formula is C13H17BrS. The fourth-order valence-corrected chi connectivity index (χ4v) is 4.23. The van der Waals surface area contributed by atoms with Crippen LogP contribution in [0.2, 0.25) is 0 Å². The summed E-state index contributed by atoms with van der Waals surface area (Å²) in [5.41, 5.74) is 2.73. The van der Waals surface area contributed by atoms with Gasteiger partial charge in [0, 0.05) is 5.56 Å². The van der Waals surface area contributed by atoms with Crippen molar-refractivity contribution in [1.82, 2.24) is 0 Å². The monoisotopic (exact) mass is 284 g/mol. The topological polar surface area (TPSA) is 0 Å². The van der Waals surface area contributed by atoms with Crippen molar-refractivity contribution in [2.75, 3.05) is 11.5 Å². The quantitative estimate of drug-likeness (QED) is 0.698. The summed E-state index contributed by atoms with van der Waals surface area (Å²) in [4.78, 5) is 0. The molecule has 0 atom stereocenters. The molecule has 0 unspecified atom stereocenters. The van der Waals surface area contributed by atoms with Crippen molar-refractivity contribution in [2.24, 2.45) is 0 Å². The van der Waals surface area contributed by atoms with Crippen molar-refractivity contribution in [1.29, 1.82) is 0 Å². The Labute approximate surface area is 106 Å². The predicted octanol–water partition coefficient (Wildman–Crippen LogP) is 0.246. The molecule has 0 radical (unpaired) electrons. The van der Waals surface area contributed by atoms with Crippen LogP contribution in [0, 0.1) is 0 Å². The highest BCUT2D eigenvalue weighted by Gasteiger charge is 2.23. The molecule has 1 aliphatic heterocycles. The van der Waals surface area contributed by atoms with Crippen molar-refractivity contribution in [3.05, 3.63) is 42.0 Å². The number of hydrogen-bond donors (Lipinski definition) is 0. The zero-order chi connectivity index (χ0) is 9.80. The second-order valence-corrected chi connectivity index (χ2v) is 6.15. The van der Waals surface area contributed by atoms with E-state index in [2.05, 4.69) is 30.8 Å². The van der Waals surface area contributed by atoms with Gasteiger partial charge < -0.3 is 17.0 Å². The zero-order valence-corrected chi connectivity index (χ0v) is 11.3. The van der Waals surface area contributed by atoms with E-state index in [0.29, 0.717) is 10.9 Å². The lowest BCUT2D eigenvalue weighted by atomic mass is 10.1. The molecule has 15 heavy (non-hydrogen) atoms. The normalized spacial score (nSPS) is 16.0. The first kappa shape index (κ1) is 12.9. The molecule has 1 aromatic rings. The standard InChI is InChI=1S/C13H17S.BrH/c1-2-12-5-7-13(8-6-12)11-14-9-3-4-10-14;/h2,5-8H,1,3-4,9-11H2;1H/q+1;/p-1. The Kier molecular flexibility index (Phi) is 5.48. The summed E-state index contributed by atoms with van der Waals surface area (Å²) < 4.78 is 0. The Hall–Kier alpha value is -0.210. The van der Waals surface area contributed by atoms with Gasteiger partial charge in [0.2, 0.25) is 0 Å². The molecule has 0 aromatic heterocycles. The Morgan fingerprint density at radius 2 is 1.73 bits per heavy atom. The molecule has 0 spiro atoms. The minimum Gasteiger partial charge on any atom is -1.00 e. The molecule has 1 saturated heterocycles. The smallest absolute Gasteiger partial charge is 0.133 e. The maximum absolute atomic E-state index is 3.77. The van der Waals surface area contributed by atoms with Crippen molar-refractivity contribution in [3.8, 4) is 0 Å². The number of rotatable bonds is 3. The molecule has 0 bridgehead atoms. The Bertz CT molecular complexity index is 299. The van der Waals surface area contributed by atoms with Gasteiger partial charge in [-0.15, -0.1) is 0 Å². The van der Waals surface area contributed by atoms with Crippen molar-refractivity contribution in [2.45, 2.75) is 18.6 Å². The predicted molar refractivity (Wildman–Crippen MR) is 66.6 cm³/mol. The van der Waals surface area contributed by atoms with Gasteiger partial charge >= 0.3 is 0 Å². The van der Waals surface area contributed by atoms with Crippen LogP contribution < -0.4 is 17.0 Å². The number of benzene rings is 1. The summed E-state index contributed by atoms with van der Waals surface area (Å²) in [6.45, 7) is 3.77. The maximum atomic E-state index is 3.77. The Morgan fingerprint density at radius 3 is 2.27 bits per heavy atom. The van der Waals surface area contributed by atoms with Gasteiger partial charge in [-0.1, -0.05) is 36.9 Å². The molecule has 82 valence electrons. The molecule has 1 aromatic carbocycles. The average Bonchev–Trinajstić information content (AvgIpc) is 2.72. The maximum Gasteiger partial charge on any atom is 0.133 e. The van der Waals surface area contributed by atoms with Gasteiger partial charge in [0.15, 0.2) is 0 Å². The van der Waals surface area contributed by atoms with Crippen LogP contribution in [0.25, 0.3) is 6.08 Å². The van der Waals surface area contributed by atoms with Gasteiger partial charge in [-0.2, -0.15) is 0 Å². The van der Waals surface area contributed by atoms with E-state index in [0.717, 1.165) is 0 Å². The van der Waals surface area contributed by atoms with Crippen LogP contribution in [0.5, 0.6) is 0 Å². The second kappa shape index (κ2) is 6.39. The van der Waals surface area contributed by atoms with Gasteiger partial charge in [0.25, 0.3) is 0 Å². The van der Waals surface area contributed by atoms with Crippen molar-refractivity contribution >= 4 is 17.0 Å². The van der Waals surface area contributed by atoms with Crippen LogP contribution >= 0.6 is 0 Å². The molecule has 0 N–H and O–H groups in total. The van der Waals surface area contributed by atoms with E-state index < -0.39 is 0 Å². The highest BCUT2D eigenvalue weighted by Crippen LogP contribution is 2.18. The largest absolute Gasteiger partial charge is 1.00 e. The summed E-state index contributed by atoms with van der Waals surface area (Å²) in [5.74, 6) is 4.23. The summed E-state index contributed by atoms with van der Waals surface area (Å²) in [5, 5.41) is 0. The fraction of sp³-hybridized carbons (Fsp3) is 0.385. The van der Waals surface area contributed by atoms with Gasteiger partial charge in [-0.3, -0.25) is 0 Å². The molecular weight excluding hydrogens is 268 g/mol. The SMILES string of the molecule is C=Cc1ccc(C[S+]2CCCC2)cc1.[Br-]. The fourth-order valence-electron chi connectivity index (χ4n) is 1.84. The second-order valence-electron chi connectivity index (χ2n) is 3.82. The first-order valence-corrected chi connectivity index (χ1v) is 6.97.